The molecule has 0 bridgehead atoms. The number of aromatic hydroxyl groups is 2. The summed E-state index contributed by atoms with van der Waals surface area (Å²) >= 11 is 6.00. The van der Waals surface area contributed by atoms with Crippen LogP contribution in [-0.4, -0.2) is 10.2 Å². The minimum Gasteiger partial charge on any atom is -0.508 e. The molecule has 3 nitrogen and oxygen atoms in total. The van der Waals surface area contributed by atoms with E-state index in [9.17, 15) is 10.2 Å². The molecular formula is C19H13ClO3. The van der Waals surface area contributed by atoms with Crippen LogP contribution in [0, 0.1) is 0 Å². The van der Waals surface area contributed by atoms with Crippen LogP contribution in [-0.2, 0) is 0 Å². The smallest absolute Gasteiger partial charge is 0.135 e. The second kappa shape index (κ2) is 5.21. The van der Waals surface area contributed by atoms with E-state index in [1.807, 2.05) is 36.4 Å². The molecule has 4 rings (SSSR count). The Kier molecular flexibility index (Phi) is 3.17. The molecule has 114 valence electrons. The minimum absolute atomic E-state index is 0.0489. The maximum Gasteiger partial charge on any atom is 0.135 e. The number of phenols is 2. The SMILES string of the molecule is Oc1ccc2c(c1)Oc1cc(O)ccc1C2c1ccc(Cl)cc1. The quantitative estimate of drug-likeness (QED) is 0.516. The van der Waals surface area contributed by atoms with E-state index >= 15 is 0 Å². The molecule has 0 saturated heterocycles. The fraction of sp³-hybridized carbons (Fsp3) is 0.0526. The molecule has 0 radical (unpaired) electrons. The van der Waals surface area contributed by atoms with Crippen molar-refractivity contribution < 1.29 is 14.9 Å². The topological polar surface area (TPSA) is 49.7 Å². The predicted molar refractivity (Wildman–Crippen MR) is 88.7 cm³/mol. The van der Waals surface area contributed by atoms with Crippen LogP contribution in [0.4, 0.5) is 0 Å². The van der Waals surface area contributed by atoms with Crippen molar-refractivity contribution in [2.24, 2.45) is 0 Å². The van der Waals surface area contributed by atoms with Crippen LogP contribution >= 0.6 is 11.6 Å². The van der Waals surface area contributed by atoms with E-state index in [-0.39, 0.29) is 17.4 Å². The lowest BCUT2D eigenvalue weighted by Gasteiger charge is -2.29. The zero-order valence-corrected chi connectivity index (χ0v) is 12.8. The lowest BCUT2D eigenvalue weighted by molar-refractivity contribution is 0.428. The summed E-state index contributed by atoms with van der Waals surface area (Å²) in [5, 5.41) is 20.2. The molecule has 0 aliphatic carbocycles. The molecule has 3 aromatic carbocycles. The summed E-state index contributed by atoms with van der Waals surface area (Å²) in [7, 11) is 0. The van der Waals surface area contributed by atoms with E-state index < -0.39 is 0 Å². The van der Waals surface area contributed by atoms with Gasteiger partial charge in [-0.25, -0.2) is 0 Å². The fourth-order valence-electron chi connectivity index (χ4n) is 3.00. The van der Waals surface area contributed by atoms with Crippen molar-refractivity contribution in [1.82, 2.24) is 0 Å². The second-order valence-corrected chi connectivity index (χ2v) is 5.97. The van der Waals surface area contributed by atoms with Crippen molar-refractivity contribution in [3.8, 4) is 23.0 Å². The van der Waals surface area contributed by atoms with E-state index in [2.05, 4.69) is 0 Å². The maximum absolute atomic E-state index is 9.74. The largest absolute Gasteiger partial charge is 0.508 e. The zero-order chi connectivity index (χ0) is 16.0. The van der Waals surface area contributed by atoms with E-state index in [1.54, 1.807) is 24.3 Å². The zero-order valence-electron chi connectivity index (χ0n) is 12.0. The Hall–Kier alpha value is -2.65. The second-order valence-electron chi connectivity index (χ2n) is 5.53. The third-order valence-corrected chi connectivity index (χ3v) is 4.29. The Morgan fingerprint density at radius 1 is 0.739 bits per heavy atom. The number of rotatable bonds is 1. The Morgan fingerprint density at radius 2 is 1.26 bits per heavy atom. The molecule has 23 heavy (non-hydrogen) atoms. The molecule has 0 atom stereocenters. The number of phenolic OH excluding ortho intramolecular Hbond substituents is 2. The summed E-state index contributed by atoms with van der Waals surface area (Å²) in [6.45, 7) is 0. The highest BCUT2D eigenvalue weighted by Crippen LogP contribution is 2.49. The van der Waals surface area contributed by atoms with Gasteiger partial charge >= 0.3 is 0 Å². The molecule has 0 amide bonds. The van der Waals surface area contributed by atoms with Gasteiger partial charge in [-0.1, -0.05) is 35.9 Å². The molecule has 0 aromatic heterocycles. The average molecular weight is 325 g/mol. The van der Waals surface area contributed by atoms with E-state index in [0.29, 0.717) is 16.5 Å². The van der Waals surface area contributed by atoms with Crippen molar-refractivity contribution >= 4 is 11.6 Å². The molecule has 1 heterocycles. The number of hydrogen-bond donors (Lipinski definition) is 2. The Bertz CT molecular complexity index is 836. The van der Waals surface area contributed by atoms with Gasteiger partial charge in [0.25, 0.3) is 0 Å². The number of fused-ring (bicyclic) bond motifs is 2. The molecule has 4 heteroatoms. The number of halogens is 1. The first-order valence-electron chi connectivity index (χ1n) is 7.21. The Labute approximate surface area is 138 Å². The highest BCUT2D eigenvalue weighted by atomic mass is 35.5. The fourth-order valence-corrected chi connectivity index (χ4v) is 3.13. The van der Waals surface area contributed by atoms with Crippen LogP contribution < -0.4 is 4.74 Å². The molecule has 3 aromatic rings. The van der Waals surface area contributed by atoms with Crippen LogP contribution in [0.1, 0.15) is 22.6 Å². The average Bonchev–Trinajstić information content (AvgIpc) is 2.53. The van der Waals surface area contributed by atoms with Gasteiger partial charge in [0.1, 0.15) is 23.0 Å². The highest BCUT2D eigenvalue weighted by Gasteiger charge is 2.29. The molecule has 0 unspecified atom stereocenters. The van der Waals surface area contributed by atoms with Gasteiger partial charge in [-0.05, 0) is 29.8 Å². The number of ether oxygens (including phenoxy) is 1. The first kappa shape index (κ1) is 14.0. The van der Waals surface area contributed by atoms with Gasteiger partial charge in [0, 0.05) is 34.2 Å². The monoisotopic (exact) mass is 324 g/mol. The van der Waals surface area contributed by atoms with Gasteiger partial charge < -0.3 is 14.9 Å². The van der Waals surface area contributed by atoms with Gasteiger partial charge in [0.2, 0.25) is 0 Å². The molecule has 0 fully saturated rings. The van der Waals surface area contributed by atoms with E-state index in [4.69, 9.17) is 16.3 Å². The summed E-state index contributed by atoms with van der Waals surface area (Å²) in [5.74, 6) is 1.41. The normalized spacial score (nSPS) is 13.1. The lowest BCUT2D eigenvalue weighted by Crippen LogP contribution is -2.11. The molecular weight excluding hydrogens is 312 g/mol. The molecule has 1 aliphatic rings. The van der Waals surface area contributed by atoms with Crippen LogP contribution in [0.5, 0.6) is 23.0 Å². The van der Waals surface area contributed by atoms with Gasteiger partial charge in [-0.3, -0.25) is 0 Å². The third kappa shape index (κ3) is 2.39. The Balaban J connectivity index is 1.95. The minimum atomic E-state index is -0.0489. The van der Waals surface area contributed by atoms with Crippen LogP contribution in [0.3, 0.4) is 0 Å². The van der Waals surface area contributed by atoms with E-state index in [1.165, 1.54) is 0 Å². The predicted octanol–water partition coefficient (Wildman–Crippen LogP) is 5.04. The van der Waals surface area contributed by atoms with E-state index in [0.717, 1.165) is 16.7 Å². The molecule has 2 N–H and O–H groups in total. The molecule has 0 spiro atoms. The highest BCUT2D eigenvalue weighted by molar-refractivity contribution is 6.30. The van der Waals surface area contributed by atoms with Crippen molar-refractivity contribution in [2.75, 3.05) is 0 Å². The van der Waals surface area contributed by atoms with Gasteiger partial charge in [0.05, 0.1) is 0 Å². The molecule has 1 aliphatic heterocycles. The van der Waals surface area contributed by atoms with Crippen LogP contribution in [0.15, 0.2) is 60.7 Å². The van der Waals surface area contributed by atoms with Crippen molar-refractivity contribution in [1.29, 1.82) is 0 Å². The first-order valence-corrected chi connectivity index (χ1v) is 7.59. The van der Waals surface area contributed by atoms with Crippen molar-refractivity contribution in [2.45, 2.75) is 5.92 Å². The summed E-state index contributed by atoms with van der Waals surface area (Å²) in [4.78, 5) is 0. The maximum atomic E-state index is 9.74. The molecule has 0 saturated carbocycles. The summed E-state index contributed by atoms with van der Waals surface area (Å²) in [5.41, 5.74) is 2.99. The van der Waals surface area contributed by atoms with Crippen molar-refractivity contribution in [3.63, 3.8) is 0 Å². The summed E-state index contributed by atoms with van der Waals surface area (Å²) in [6.07, 6.45) is 0. The van der Waals surface area contributed by atoms with Crippen LogP contribution in [0.25, 0.3) is 0 Å². The first-order chi connectivity index (χ1) is 11.1. The van der Waals surface area contributed by atoms with Gasteiger partial charge in [-0.15, -0.1) is 0 Å². The Morgan fingerprint density at radius 3 is 1.78 bits per heavy atom. The van der Waals surface area contributed by atoms with Gasteiger partial charge in [0.15, 0.2) is 0 Å². The standard InChI is InChI=1S/C19H13ClO3/c20-12-3-1-11(2-4-12)19-15-7-5-13(21)9-17(15)23-18-10-14(22)6-8-16(18)19/h1-10,19,21-22H. The summed E-state index contributed by atoms with van der Waals surface area (Å²) < 4.78 is 5.87. The number of hydrogen-bond acceptors (Lipinski definition) is 3. The van der Waals surface area contributed by atoms with Gasteiger partial charge in [-0.2, -0.15) is 0 Å². The third-order valence-electron chi connectivity index (χ3n) is 4.04. The summed E-state index contributed by atoms with van der Waals surface area (Å²) in [6, 6.07) is 17.9. The van der Waals surface area contributed by atoms with Crippen molar-refractivity contribution in [3.05, 3.63) is 82.4 Å². The van der Waals surface area contributed by atoms with Crippen LogP contribution in [0.2, 0.25) is 5.02 Å². The number of benzene rings is 3. The lowest BCUT2D eigenvalue weighted by atomic mass is 9.82.